The van der Waals surface area contributed by atoms with Crippen molar-refractivity contribution < 1.29 is 9.59 Å². The Balaban J connectivity index is 1.81. The first-order valence-electron chi connectivity index (χ1n) is 7.50. The number of hydrogen-bond donors (Lipinski definition) is 2. The monoisotopic (exact) mass is 320 g/mol. The molecule has 0 saturated carbocycles. The van der Waals surface area contributed by atoms with Crippen LogP contribution < -0.4 is 10.6 Å². The molecule has 24 heavy (non-hydrogen) atoms. The number of nitrogens with zero attached hydrogens (tertiary/aromatic N) is 2. The van der Waals surface area contributed by atoms with Gasteiger partial charge in [-0.2, -0.15) is 0 Å². The van der Waals surface area contributed by atoms with E-state index in [1.807, 2.05) is 12.2 Å². The zero-order valence-electron chi connectivity index (χ0n) is 12.8. The van der Waals surface area contributed by atoms with Gasteiger partial charge in [0.2, 0.25) is 0 Å². The molecule has 6 heteroatoms. The first-order valence-corrected chi connectivity index (χ1v) is 7.50. The molecule has 0 bridgehead atoms. The van der Waals surface area contributed by atoms with E-state index >= 15 is 0 Å². The van der Waals surface area contributed by atoms with E-state index in [0.29, 0.717) is 6.42 Å². The SMILES string of the molecule is O=C(NC1(NC(=O)c2ccccn2)C=CC=CC1)c1ccccn1. The largest absolute Gasteiger partial charge is 0.324 e. The lowest BCUT2D eigenvalue weighted by Gasteiger charge is -2.33. The van der Waals surface area contributed by atoms with Gasteiger partial charge in [0.15, 0.2) is 0 Å². The van der Waals surface area contributed by atoms with E-state index in [0.717, 1.165) is 0 Å². The second-order valence-electron chi connectivity index (χ2n) is 5.30. The predicted molar refractivity (Wildman–Crippen MR) is 89.0 cm³/mol. The van der Waals surface area contributed by atoms with E-state index in [1.54, 1.807) is 60.9 Å². The Morgan fingerprint density at radius 2 is 1.46 bits per heavy atom. The Morgan fingerprint density at radius 3 is 1.88 bits per heavy atom. The molecule has 3 rings (SSSR count). The van der Waals surface area contributed by atoms with Crippen molar-refractivity contribution >= 4 is 11.8 Å². The Hall–Kier alpha value is -3.28. The molecular formula is C18H16N4O2. The van der Waals surface area contributed by atoms with Crippen LogP contribution in [0.15, 0.2) is 73.1 Å². The molecule has 0 atom stereocenters. The first kappa shape index (κ1) is 15.6. The minimum atomic E-state index is -1.02. The molecule has 0 saturated heterocycles. The number of nitrogens with one attached hydrogen (secondary N) is 2. The minimum absolute atomic E-state index is 0.284. The van der Waals surface area contributed by atoms with Crippen molar-refractivity contribution in [3.63, 3.8) is 0 Å². The number of aromatic nitrogens is 2. The Bertz CT molecular complexity index is 732. The molecule has 2 aromatic rings. The summed E-state index contributed by atoms with van der Waals surface area (Å²) >= 11 is 0. The lowest BCUT2D eigenvalue weighted by molar-refractivity contribution is 0.0836. The van der Waals surface area contributed by atoms with Crippen LogP contribution in [0.2, 0.25) is 0 Å². The van der Waals surface area contributed by atoms with Crippen LogP contribution in [0.5, 0.6) is 0 Å². The highest BCUT2D eigenvalue weighted by Gasteiger charge is 2.32. The molecule has 1 aliphatic carbocycles. The smallest absolute Gasteiger partial charge is 0.271 e. The summed E-state index contributed by atoms with van der Waals surface area (Å²) in [5.74, 6) is -0.728. The second-order valence-corrected chi connectivity index (χ2v) is 5.30. The molecule has 2 amide bonds. The van der Waals surface area contributed by atoms with E-state index in [4.69, 9.17) is 0 Å². The van der Waals surface area contributed by atoms with E-state index < -0.39 is 5.66 Å². The van der Waals surface area contributed by atoms with E-state index in [-0.39, 0.29) is 23.2 Å². The Kier molecular flexibility index (Phi) is 4.47. The van der Waals surface area contributed by atoms with Crippen molar-refractivity contribution in [2.75, 3.05) is 0 Å². The van der Waals surface area contributed by atoms with Crippen LogP contribution in [0.1, 0.15) is 27.4 Å². The Morgan fingerprint density at radius 1 is 0.875 bits per heavy atom. The molecule has 1 aliphatic rings. The van der Waals surface area contributed by atoms with Gasteiger partial charge in [-0.1, -0.05) is 30.4 Å². The van der Waals surface area contributed by atoms with Crippen LogP contribution in [0, 0.1) is 0 Å². The molecule has 0 spiro atoms. The molecule has 120 valence electrons. The van der Waals surface area contributed by atoms with Gasteiger partial charge in [0, 0.05) is 18.8 Å². The van der Waals surface area contributed by atoms with Crippen molar-refractivity contribution in [1.82, 2.24) is 20.6 Å². The van der Waals surface area contributed by atoms with Crippen LogP contribution in [0.4, 0.5) is 0 Å². The summed E-state index contributed by atoms with van der Waals surface area (Å²) in [4.78, 5) is 32.9. The third kappa shape index (κ3) is 3.55. The number of carbonyl (C=O) groups is 2. The predicted octanol–water partition coefficient (Wildman–Crippen LogP) is 1.85. The normalized spacial score (nSPS) is 14.8. The van der Waals surface area contributed by atoms with Crippen molar-refractivity contribution in [3.8, 4) is 0 Å². The number of rotatable bonds is 4. The first-order chi connectivity index (χ1) is 11.7. The molecule has 0 unspecified atom stereocenters. The topological polar surface area (TPSA) is 84.0 Å². The Labute approximate surface area is 139 Å². The summed E-state index contributed by atoms with van der Waals surface area (Å²) in [7, 11) is 0. The third-order valence-corrected chi connectivity index (χ3v) is 3.54. The maximum atomic E-state index is 12.4. The highest BCUT2D eigenvalue weighted by Crippen LogP contribution is 2.16. The summed E-state index contributed by atoms with van der Waals surface area (Å²) in [5, 5.41) is 5.70. The fourth-order valence-corrected chi connectivity index (χ4v) is 2.36. The zero-order valence-corrected chi connectivity index (χ0v) is 12.8. The highest BCUT2D eigenvalue weighted by molar-refractivity contribution is 5.95. The summed E-state index contributed by atoms with van der Waals surface area (Å²) in [6, 6.07) is 10.2. The van der Waals surface area contributed by atoms with E-state index in [2.05, 4.69) is 20.6 Å². The van der Waals surface area contributed by atoms with Gasteiger partial charge in [-0.15, -0.1) is 0 Å². The number of hydrogen-bond acceptors (Lipinski definition) is 4. The number of carbonyl (C=O) groups excluding carboxylic acids is 2. The summed E-state index contributed by atoms with van der Waals surface area (Å²) < 4.78 is 0. The maximum absolute atomic E-state index is 12.4. The second kappa shape index (κ2) is 6.87. The van der Waals surface area contributed by atoms with Gasteiger partial charge >= 0.3 is 0 Å². The average Bonchev–Trinajstić information content (AvgIpc) is 2.64. The van der Waals surface area contributed by atoms with Gasteiger partial charge in [-0.05, 0) is 30.3 Å². The number of pyridine rings is 2. The van der Waals surface area contributed by atoms with Crippen LogP contribution >= 0.6 is 0 Å². The van der Waals surface area contributed by atoms with Gasteiger partial charge in [-0.3, -0.25) is 19.6 Å². The molecule has 0 fully saturated rings. The molecule has 6 nitrogen and oxygen atoms in total. The van der Waals surface area contributed by atoms with Crippen molar-refractivity contribution in [2.24, 2.45) is 0 Å². The minimum Gasteiger partial charge on any atom is -0.324 e. The van der Waals surface area contributed by atoms with E-state index in [9.17, 15) is 9.59 Å². The molecule has 2 aromatic heterocycles. The average molecular weight is 320 g/mol. The highest BCUT2D eigenvalue weighted by atomic mass is 16.2. The number of allylic oxidation sites excluding steroid dienone is 2. The van der Waals surface area contributed by atoms with Gasteiger partial charge in [0.1, 0.15) is 17.1 Å². The van der Waals surface area contributed by atoms with Crippen molar-refractivity contribution in [2.45, 2.75) is 12.1 Å². The molecule has 2 heterocycles. The van der Waals surface area contributed by atoms with Crippen LogP contribution in [-0.2, 0) is 0 Å². The summed E-state index contributed by atoms with van der Waals surface area (Å²) in [6.07, 6.45) is 10.8. The van der Waals surface area contributed by atoms with Crippen molar-refractivity contribution in [1.29, 1.82) is 0 Å². The van der Waals surface area contributed by atoms with E-state index in [1.165, 1.54) is 0 Å². The molecular weight excluding hydrogens is 304 g/mol. The van der Waals surface area contributed by atoms with Crippen LogP contribution in [0.3, 0.4) is 0 Å². The van der Waals surface area contributed by atoms with Crippen molar-refractivity contribution in [3.05, 3.63) is 84.5 Å². The van der Waals surface area contributed by atoms with Crippen LogP contribution in [-0.4, -0.2) is 27.4 Å². The quantitative estimate of drug-likeness (QED) is 0.842. The number of amides is 2. The zero-order chi connectivity index (χ0) is 16.8. The molecule has 0 aromatic carbocycles. The molecule has 2 N–H and O–H groups in total. The summed E-state index contributed by atoms with van der Waals surface area (Å²) in [6.45, 7) is 0. The standard InChI is InChI=1S/C18H16N4O2/c23-16(14-8-2-6-12-19-14)21-18(10-4-1-5-11-18)22-17(24)15-9-3-7-13-20-15/h1-10,12-13H,11H2,(H,21,23)(H,22,24). The lowest BCUT2D eigenvalue weighted by atomic mass is 10.00. The molecule has 0 aliphatic heterocycles. The van der Waals surface area contributed by atoms with Gasteiger partial charge in [0.05, 0.1) is 0 Å². The molecule has 0 radical (unpaired) electrons. The fourth-order valence-electron chi connectivity index (χ4n) is 2.36. The summed E-state index contributed by atoms with van der Waals surface area (Å²) in [5.41, 5.74) is -0.448. The fraction of sp³-hybridized carbons (Fsp3) is 0.111. The van der Waals surface area contributed by atoms with Crippen LogP contribution in [0.25, 0.3) is 0 Å². The third-order valence-electron chi connectivity index (χ3n) is 3.54. The van der Waals surface area contributed by atoms with Gasteiger partial charge < -0.3 is 10.6 Å². The van der Waals surface area contributed by atoms with Gasteiger partial charge in [0.25, 0.3) is 11.8 Å². The van der Waals surface area contributed by atoms with Gasteiger partial charge in [-0.25, -0.2) is 0 Å². The lowest BCUT2D eigenvalue weighted by Crippen LogP contribution is -2.59. The maximum Gasteiger partial charge on any atom is 0.271 e.